The molecule has 0 radical (unpaired) electrons. The smallest absolute Gasteiger partial charge is 0.230 e. The van der Waals surface area contributed by atoms with E-state index in [2.05, 4.69) is 9.97 Å². The van der Waals surface area contributed by atoms with E-state index in [0.717, 1.165) is 11.8 Å². The van der Waals surface area contributed by atoms with Crippen LogP contribution in [0.25, 0.3) is 11.0 Å². The molecular formula is C22H14N2O4S. The van der Waals surface area contributed by atoms with Crippen molar-refractivity contribution in [3.8, 4) is 0 Å². The summed E-state index contributed by atoms with van der Waals surface area (Å²) >= 11 is 0.926. The zero-order valence-electron chi connectivity index (χ0n) is 15.5. The van der Waals surface area contributed by atoms with Gasteiger partial charge < -0.3 is 9.40 Å². The molecule has 0 saturated carbocycles. The summed E-state index contributed by atoms with van der Waals surface area (Å²) in [4.78, 5) is 46.0. The molecule has 2 aromatic carbocycles. The van der Waals surface area contributed by atoms with E-state index in [1.165, 1.54) is 0 Å². The van der Waals surface area contributed by atoms with E-state index in [1.54, 1.807) is 56.3 Å². The summed E-state index contributed by atoms with van der Waals surface area (Å²) in [7, 11) is 0. The van der Waals surface area contributed by atoms with Crippen molar-refractivity contribution < 1.29 is 18.8 Å². The number of aromatic nitrogens is 2. The zero-order chi connectivity index (χ0) is 20.3. The number of carbonyl (C=O) groups is 3. The number of nitrogens with one attached hydrogen (secondary N) is 1. The highest BCUT2D eigenvalue weighted by molar-refractivity contribution is 8.14. The van der Waals surface area contributed by atoms with Gasteiger partial charge in [-0.15, -0.1) is 0 Å². The van der Waals surface area contributed by atoms with Crippen molar-refractivity contribution in [1.29, 1.82) is 0 Å². The van der Waals surface area contributed by atoms with E-state index in [1.807, 2.05) is 0 Å². The minimum absolute atomic E-state index is 0.193. The summed E-state index contributed by atoms with van der Waals surface area (Å²) in [6, 6.07) is 11.8. The molecule has 0 saturated heterocycles. The SMILES string of the molecule is Cc1cc(C(=O)Sc2nc3ccc4c(c3[nH]2)C(=O)c2ccccc2C4=O)c(C)o1. The number of hydrogen-bond acceptors (Lipinski definition) is 6. The Morgan fingerprint density at radius 1 is 1.00 bits per heavy atom. The first-order valence-electron chi connectivity index (χ1n) is 8.94. The Kier molecular flexibility index (Phi) is 3.82. The number of thioether (sulfide) groups is 1. The number of benzene rings is 2. The monoisotopic (exact) mass is 402 g/mol. The van der Waals surface area contributed by atoms with Crippen LogP contribution in [0.1, 0.15) is 53.7 Å². The maximum atomic E-state index is 13.1. The van der Waals surface area contributed by atoms with Crippen LogP contribution in [0.5, 0.6) is 0 Å². The van der Waals surface area contributed by atoms with E-state index < -0.39 is 0 Å². The van der Waals surface area contributed by atoms with Gasteiger partial charge >= 0.3 is 0 Å². The number of imidazole rings is 1. The molecule has 0 amide bonds. The molecule has 0 unspecified atom stereocenters. The Labute approximate surface area is 169 Å². The highest BCUT2D eigenvalue weighted by atomic mass is 32.2. The number of aromatic amines is 1. The van der Waals surface area contributed by atoms with Gasteiger partial charge in [0.25, 0.3) is 0 Å². The first kappa shape index (κ1) is 17.6. The Hall–Kier alpha value is -3.45. The number of ketones is 2. The molecule has 7 heteroatoms. The lowest BCUT2D eigenvalue weighted by molar-refractivity contribution is 0.0980. The van der Waals surface area contributed by atoms with Gasteiger partial charge in [-0.05, 0) is 43.8 Å². The Bertz CT molecular complexity index is 1360. The summed E-state index contributed by atoms with van der Waals surface area (Å²) in [5, 5.41) is 0.149. The molecule has 0 atom stereocenters. The third-order valence-corrected chi connectivity index (χ3v) is 5.77. The molecule has 5 rings (SSSR count). The highest BCUT2D eigenvalue weighted by Gasteiger charge is 2.32. The molecule has 0 aliphatic heterocycles. The summed E-state index contributed by atoms with van der Waals surface area (Å²) in [5.41, 5.74) is 2.89. The lowest BCUT2D eigenvalue weighted by atomic mass is 9.83. The first-order valence-corrected chi connectivity index (χ1v) is 9.76. The van der Waals surface area contributed by atoms with Crippen molar-refractivity contribution in [1.82, 2.24) is 9.97 Å². The fourth-order valence-corrected chi connectivity index (χ4v) is 4.45. The van der Waals surface area contributed by atoms with Gasteiger partial charge in [-0.1, -0.05) is 24.3 Å². The second-order valence-electron chi connectivity index (χ2n) is 6.84. The number of hydrogen-bond donors (Lipinski definition) is 1. The highest BCUT2D eigenvalue weighted by Crippen LogP contribution is 2.33. The summed E-state index contributed by atoms with van der Waals surface area (Å²) in [5.74, 6) is 0.786. The lowest BCUT2D eigenvalue weighted by Crippen LogP contribution is -2.21. The average molecular weight is 402 g/mol. The van der Waals surface area contributed by atoms with Crippen molar-refractivity contribution in [2.24, 2.45) is 0 Å². The number of carbonyl (C=O) groups excluding carboxylic acids is 3. The van der Waals surface area contributed by atoms with Crippen molar-refractivity contribution in [2.75, 3.05) is 0 Å². The molecule has 0 bridgehead atoms. The van der Waals surface area contributed by atoms with Crippen LogP contribution < -0.4 is 0 Å². The number of rotatable bonds is 2. The van der Waals surface area contributed by atoms with E-state index in [0.29, 0.717) is 55.5 Å². The Morgan fingerprint density at radius 2 is 1.72 bits per heavy atom. The Morgan fingerprint density at radius 3 is 2.41 bits per heavy atom. The molecule has 1 N–H and O–H groups in total. The van der Waals surface area contributed by atoms with Gasteiger partial charge in [0.1, 0.15) is 11.5 Å². The number of nitrogens with zero attached hydrogens (tertiary/aromatic N) is 1. The summed E-state index contributed by atoms with van der Waals surface area (Å²) < 4.78 is 5.42. The lowest BCUT2D eigenvalue weighted by Gasteiger charge is -2.17. The maximum Gasteiger partial charge on any atom is 0.230 e. The van der Waals surface area contributed by atoms with Crippen LogP contribution in [0, 0.1) is 13.8 Å². The normalized spacial score (nSPS) is 12.9. The van der Waals surface area contributed by atoms with Crippen molar-refractivity contribution >= 4 is 39.5 Å². The van der Waals surface area contributed by atoms with Gasteiger partial charge in [0.05, 0.1) is 22.2 Å². The molecule has 1 aliphatic carbocycles. The molecule has 29 heavy (non-hydrogen) atoms. The number of furan rings is 1. The van der Waals surface area contributed by atoms with E-state index in [4.69, 9.17) is 4.42 Å². The molecule has 6 nitrogen and oxygen atoms in total. The van der Waals surface area contributed by atoms with Crippen LogP contribution in [-0.4, -0.2) is 26.6 Å². The third kappa shape index (κ3) is 2.66. The minimum atomic E-state index is -0.228. The van der Waals surface area contributed by atoms with Crippen LogP contribution >= 0.6 is 11.8 Å². The fraction of sp³-hybridized carbons (Fsp3) is 0.0909. The number of fused-ring (bicyclic) bond motifs is 4. The predicted molar refractivity (Wildman–Crippen MR) is 108 cm³/mol. The van der Waals surface area contributed by atoms with E-state index in [-0.39, 0.29) is 16.7 Å². The summed E-state index contributed by atoms with van der Waals surface area (Å²) in [6.07, 6.45) is 0. The van der Waals surface area contributed by atoms with Gasteiger partial charge in [-0.3, -0.25) is 14.4 Å². The molecule has 4 aromatic rings. The molecule has 0 fully saturated rings. The van der Waals surface area contributed by atoms with Gasteiger partial charge in [-0.2, -0.15) is 0 Å². The zero-order valence-corrected chi connectivity index (χ0v) is 16.3. The fourth-order valence-electron chi connectivity index (χ4n) is 3.66. The van der Waals surface area contributed by atoms with Crippen LogP contribution in [0.3, 0.4) is 0 Å². The summed E-state index contributed by atoms with van der Waals surface area (Å²) in [6.45, 7) is 3.51. The predicted octanol–water partition coefficient (Wildman–Crippen LogP) is 4.48. The van der Waals surface area contributed by atoms with Crippen LogP contribution in [-0.2, 0) is 0 Å². The first-order chi connectivity index (χ1) is 13.9. The van der Waals surface area contributed by atoms with Gasteiger partial charge in [0.15, 0.2) is 16.7 Å². The van der Waals surface area contributed by atoms with Gasteiger partial charge in [0.2, 0.25) is 5.12 Å². The van der Waals surface area contributed by atoms with Crippen molar-refractivity contribution in [2.45, 2.75) is 19.0 Å². The molecule has 0 spiro atoms. The molecule has 1 aliphatic rings. The van der Waals surface area contributed by atoms with Crippen LogP contribution in [0.2, 0.25) is 0 Å². The number of H-pyrrole nitrogens is 1. The molecule has 142 valence electrons. The van der Waals surface area contributed by atoms with E-state index in [9.17, 15) is 14.4 Å². The van der Waals surface area contributed by atoms with Gasteiger partial charge in [0, 0.05) is 16.7 Å². The average Bonchev–Trinajstić information content (AvgIpc) is 3.27. The topological polar surface area (TPSA) is 93.0 Å². The second kappa shape index (κ2) is 6.28. The van der Waals surface area contributed by atoms with Gasteiger partial charge in [-0.25, -0.2) is 4.98 Å². The maximum absolute atomic E-state index is 13.1. The second-order valence-corrected chi connectivity index (χ2v) is 7.81. The Balaban J connectivity index is 1.59. The van der Waals surface area contributed by atoms with Crippen molar-refractivity contribution in [3.63, 3.8) is 0 Å². The standard InChI is InChI=1S/C22H14N2O4S/c1-10-9-15(11(2)28-10)21(27)29-22-23-16-8-7-14-17(18(16)24-22)20(26)13-6-4-3-5-12(13)19(14)25/h3-9H,1-2H3,(H,23,24). The quantitative estimate of drug-likeness (QED) is 0.438. The largest absolute Gasteiger partial charge is 0.466 e. The molecular weight excluding hydrogens is 388 g/mol. The third-order valence-electron chi connectivity index (χ3n) is 4.98. The minimum Gasteiger partial charge on any atom is -0.466 e. The van der Waals surface area contributed by atoms with Crippen LogP contribution in [0.4, 0.5) is 0 Å². The number of aryl methyl sites for hydroxylation is 2. The molecule has 2 aromatic heterocycles. The molecule has 2 heterocycles. The van der Waals surface area contributed by atoms with Crippen LogP contribution in [0.15, 0.2) is 52.0 Å². The van der Waals surface area contributed by atoms with Crippen molar-refractivity contribution in [3.05, 3.63) is 81.8 Å². The van der Waals surface area contributed by atoms with E-state index >= 15 is 0 Å².